The van der Waals surface area contributed by atoms with Gasteiger partial charge < -0.3 is 10.1 Å². The first-order valence-corrected chi connectivity index (χ1v) is 8.29. The largest absolute Gasteiger partial charge is 0.378 e. The maximum Gasteiger partial charge on any atom is 0.0588 e. The zero-order valence-corrected chi connectivity index (χ0v) is 13.0. The van der Waals surface area contributed by atoms with Crippen LogP contribution in [0.3, 0.4) is 0 Å². The van der Waals surface area contributed by atoms with Gasteiger partial charge >= 0.3 is 0 Å². The summed E-state index contributed by atoms with van der Waals surface area (Å²) in [5.74, 6) is 0.736. The normalized spacial score (nSPS) is 33.2. The van der Waals surface area contributed by atoms with Crippen molar-refractivity contribution in [2.24, 2.45) is 5.92 Å². The molecule has 2 aliphatic rings. The molecule has 2 fully saturated rings. The predicted octanol–water partition coefficient (Wildman–Crippen LogP) is 2.65. The number of hydrogen-bond donors (Lipinski definition) is 1. The van der Waals surface area contributed by atoms with Crippen molar-refractivity contribution in [1.29, 1.82) is 0 Å². The lowest BCUT2D eigenvalue weighted by Crippen LogP contribution is -2.58. The van der Waals surface area contributed by atoms with E-state index in [2.05, 4.69) is 31.0 Å². The number of hydrogen-bond acceptors (Lipinski definition) is 3. The van der Waals surface area contributed by atoms with Crippen LogP contribution in [0.25, 0.3) is 0 Å². The first kappa shape index (κ1) is 15.3. The summed E-state index contributed by atoms with van der Waals surface area (Å²) in [6.07, 6.45) is 6.88. The second-order valence-corrected chi connectivity index (χ2v) is 6.62. The van der Waals surface area contributed by atoms with Crippen LogP contribution in [0.2, 0.25) is 0 Å². The molecule has 3 unspecified atom stereocenters. The highest BCUT2D eigenvalue weighted by molar-refractivity contribution is 4.88. The third-order valence-corrected chi connectivity index (χ3v) is 4.71. The van der Waals surface area contributed by atoms with E-state index < -0.39 is 0 Å². The minimum absolute atomic E-state index is 0.535. The van der Waals surface area contributed by atoms with Crippen LogP contribution in [0.1, 0.15) is 52.9 Å². The first-order valence-electron chi connectivity index (χ1n) is 8.29. The Hall–Kier alpha value is -0.120. The van der Waals surface area contributed by atoms with Gasteiger partial charge in [-0.15, -0.1) is 0 Å². The summed E-state index contributed by atoms with van der Waals surface area (Å²) in [5.41, 5.74) is 0. The zero-order chi connectivity index (χ0) is 13.7. The van der Waals surface area contributed by atoms with Crippen molar-refractivity contribution in [3.05, 3.63) is 0 Å². The smallest absolute Gasteiger partial charge is 0.0588 e. The van der Waals surface area contributed by atoms with Gasteiger partial charge in [-0.2, -0.15) is 0 Å². The SMILES string of the molecule is CCCC1CN(CCC2CCCO2)C(C(C)C)CN1. The summed E-state index contributed by atoms with van der Waals surface area (Å²) >= 11 is 0. The van der Waals surface area contributed by atoms with E-state index in [1.807, 2.05) is 0 Å². The van der Waals surface area contributed by atoms with Gasteiger partial charge in [0.1, 0.15) is 0 Å². The molecular weight excluding hydrogens is 236 g/mol. The van der Waals surface area contributed by atoms with E-state index in [0.717, 1.165) is 19.1 Å². The lowest BCUT2D eigenvalue weighted by Gasteiger charge is -2.42. The van der Waals surface area contributed by atoms with Crippen molar-refractivity contribution in [1.82, 2.24) is 10.2 Å². The maximum atomic E-state index is 5.77. The van der Waals surface area contributed by atoms with Gasteiger partial charge in [0.25, 0.3) is 0 Å². The molecule has 0 spiro atoms. The Morgan fingerprint density at radius 1 is 1.32 bits per heavy atom. The molecular formula is C16H32N2O. The number of piperazine rings is 1. The summed E-state index contributed by atoms with van der Waals surface area (Å²) in [7, 11) is 0. The van der Waals surface area contributed by atoms with E-state index in [4.69, 9.17) is 4.74 Å². The summed E-state index contributed by atoms with van der Waals surface area (Å²) in [5, 5.41) is 3.74. The molecule has 1 N–H and O–H groups in total. The average molecular weight is 268 g/mol. The Morgan fingerprint density at radius 2 is 2.16 bits per heavy atom. The Bertz CT molecular complexity index is 251. The zero-order valence-electron chi connectivity index (χ0n) is 13.0. The Kier molecular flexibility index (Phi) is 6.11. The molecule has 2 rings (SSSR count). The van der Waals surface area contributed by atoms with Crippen LogP contribution in [0, 0.1) is 5.92 Å². The van der Waals surface area contributed by atoms with Crippen LogP contribution in [-0.4, -0.2) is 49.3 Å². The van der Waals surface area contributed by atoms with Crippen molar-refractivity contribution >= 4 is 0 Å². The quantitative estimate of drug-likeness (QED) is 0.801. The van der Waals surface area contributed by atoms with Crippen molar-refractivity contribution < 1.29 is 4.74 Å². The molecule has 0 aromatic heterocycles. The lowest BCUT2D eigenvalue weighted by molar-refractivity contribution is 0.0575. The van der Waals surface area contributed by atoms with Gasteiger partial charge in [0, 0.05) is 38.3 Å². The molecule has 0 saturated carbocycles. The van der Waals surface area contributed by atoms with Crippen LogP contribution < -0.4 is 5.32 Å². The fraction of sp³-hybridized carbons (Fsp3) is 1.00. The van der Waals surface area contributed by atoms with Crippen molar-refractivity contribution in [3.8, 4) is 0 Å². The first-order chi connectivity index (χ1) is 9.20. The molecule has 19 heavy (non-hydrogen) atoms. The van der Waals surface area contributed by atoms with E-state index in [9.17, 15) is 0 Å². The lowest BCUT2D eigenvalue weighted by atomic mass is 9.96. The van der Waals surface area contributed by atoms with E-state index in [1.54, 1.807) is 0 Å². The molecule has 3 heteroatoms. The fourth-order valence-electron chi connectivity index (χ4n) is 3.54. The minimum atomic E-state index is 0.535. The molecule has 2 heterocycles. The monoisotopic (exact) mass is 268 g/mol. The third kappa shape index (κ3) is 4.44. The molecule has 0 radical (unpaired) electrons. The Morgan fingerprint density at radius 3 is 2.79 bits per heavy atom. The average Bonchev–Trinajstić information content (AvgIpc) is 2.89. The molecule has 112 valence electrons. The summed E-state index contributed by atoms with van der Waals surface area (Å²) in [6.45, 7) is 11.6. The third-order valence-electron chi connectivity index (χ3n) is 4.71. The second-order valence-electron chi connectivity index (χ2n) is 6.62. The van der Waals surface area contributed by atoms with E-state index in [1.165, 1.54) is 45.2 Å². The van der Waals surface area contributed by atoms with Gasteiger partial charge in [-0.25, -0.2) is 0 Å². The minimum Gasteiger partial charge on any atom is -0.378 e. The number of ether oxygens (including phenoxy) is 1. The Labute approximate surface area is 119 Å². The number of nitrogens with one attached hydrogen (secondary N) is 1. The molecule has 0 amide bonds. The maximum absolute atomic E-state index is 5.77. The standard InChI is InChI=1S/C16H32N2O/c1-4-6-14-12-18(16(11-17-14)13(2)3)9-8-15-7-5-10-19-15/h13-17H,4-12H2,1-3H3. The van der Waals surface area contributed by atoms with Gasteiger partial charge in [-0.05, 0) is 31.6 Å². The fourth-order valence-corrected chi connectivity index (χ4v) is 3.54. The van der Waals surface area contributed by atoms with Gasteiger partial charge in [0.2, 0.25) is 0 Å². The van der Waals surface area contributed by atoms with Gasteiger partial charge in [0.15, 0.2) is 0 Å². The predicted molar refractivity (Wildman–Crippen MR) is 80.5 cm³/mol. The molecule has 0 aromatic carbocycles. The van der Waals surface area contributed by atoms with Crippen LogP contribution >= 0.6 is 0 Å². The van der Waals surface area contributed by atoms with Gasteiger partial charge in [-0.3, -0.25) is 4.90 Å². The molecule has 3 nitrogen and oxygen atoms in total. The molecule has 0 bridgehead atoms. The van der Waals surface area contributed by atoms with Gasteiger partial charge in [0.05, 0.1) is 6.10 Å². The molecule has 0 aromatic rings. The van der Waals surface area contributed by atoms with Gasteiger partial charge in [-0.1, -0.05) is 27.2 Å². The van der Waals surface area contributed by atoms with Crippen molar-refractivity contribution in [2.75, 3.05) is 26.2 Å². The van der Waals surface area contributed by atoms with E-state index in [-0.39, 0.29) is 0 Å². The highest BCUT2D eigenvalue weighted by Crippen LogP contribution is 2.20. The molecule has 0 aliphatic carbocycles. The van der Waals surface area contributed by atoms with Crippen molar-refractivity contribution in [2.45, 2.75) is 71.1 Å². The molecule has 2 saturated heterocycles. The number of rotatable bonds is 6. The molecule has 3 atom stereocenters. The van der Waals surface area contributed by atoms with Crippen LogP contribution in [-0.2, 0) is 4.74 Å². The number of nitrogens with zero attached hydrogens (tertiary/aromatic N) is 1. The summed E-state index contributed by atoms with van der Waals surface area (Å²) in [4.78, 5) is 2.73. The van der Waals surface area contributed by atoms with E-state index in [0.29, 0.717) is 18.2 Å². The summed E-state index contributed by atoms with van der Waals surface area (Å²) < 4.78 is 5.77. The van der Waals surface area contributed by atoms with E-state index >= 15 is 0 Å². The van der Waals surface area contributed by atoms with Crippen molar-refractivity contribution in [3.63, 3.8) is 0 Å². The molecule has 2 aliphatic heterocycles. The Balaban J connectivity index is 1.83. The van der Waals surface area contributed by atoms with Crippen LogP contribution in [0.15, 0.2) is 0 Å². The highest BCUT2D eigenvalue weighted by Gasteiger charge is 2.29. The van der Waals surface area contributed by atoms with Crippen LogP contribution in [0.5, 0.6) is 0 Å². The highest BCUT2D eigenvalue weighted by atomic mass is 16.5. The topological polar surface area (TPSA) is 24.5 Å². The van der Waals surface area contributed by atoms with Crippen LogP contribution in [0.4, 0.5) is 0 Å². The summed E-state index contributed by atoms with van der Waals surface area (Å²) in [6, 6.07) is 1.40. The second kappa shape index (κ2) is 7.61.